The average Bonchev–Trinajstić information content (AvgIpc) is 2.00. The topological polar surface area (TPSA) is 0 Å². The van der Waals surface area contributed by atoms with Gasteiger partial charge in [0.1, 0.15) is 11.6 Å². The van der Waals surface area contributed by atoms with Crippen LogP contribution in [0, 0.1) is 18.6 Å². The predicted molar refractivity (Wildman–Crippen MR) is 45.2 cm³/mol. The SMILES string of the molecule is Cc1c(F)ccc(C(C)C)c1F. The third-order valence-corrected chi connectivity index (χ3v) is 1.97. The first-order valence-electron chi connectivity index (χ1n) is 3.98. The summed E-state index contributed by atoms with van der Waals surface area (Å²) in [4.78, 5) is 0. The quantitative estimate of drug-likeness (QED) is 0.606. The van der Waals surface area contributed by atoms with Gasteiger partial charge in [0.25, 0.3) is 0 Å². The van der Waals surface area contributed by atoms with Crippen molar-refractivity contribution in [1.29, 1.82) is 0 Å². The fraction of sp³-hybridized carbons (Fsp3) is 0.400. The minimum Gasteiger partial charge on any atom is -0.207 e. The molecule has 0 spiro atoms. The van der Waals surface area contributed by atoms with E-state index in [0.29, 0.717) is 5.56 Å². The van der Waals surface area contributed by atoms with E-state index in [4.69, 9.17) is 0 Å². The third-order valence-electron chi connectivity index (χ3n) is 1.97. The van der Waals surface area contributed by atoms with Gasteiger partial charge in [-0.1, -0.05) is 19.9 Å². The van der Waals surface area contributed by atoms with Crippen molar-refractivity contribution in [3.05, 3.63) is 34.9 Å². The third kappa shape index (κ3) is 1.47. The van der Waals surface area contributed by atoms with Crippen molar-refractivity contribution in [2.45, 2.75) is 26.7 Å². The highest BCUT2D eigenvalue weighted by atomic mass is 19.1. The van der Waals surface area contributed by atoms with Crippen molar-refractivity contribution in [2.75, 3.05) is 0 Å². The van der Waals surface area contributed by atoms with E-state index in [0.717, 1.165) is 0 Å². The molecule has 0 saturated carbocycles. The molecule has 0 atom stereocenters. The molecule has 0 unspecified atom stereocenters. The molecule has 0 radical (unpaired) electrons. The second-order valence-electron chi connectivity index (χ2n) is 3.23. The zero-order chi connectivity index (χ0) is 9.30. The molecule has 12 heavy (non-hydrogen) atoms. The van der Waals surface area contributed by atoms with Gasteiger partial charge in [0.2, 0.25) is 0 Å². The summed E-state index contributed by atoms with van der Waals surface area (Å²) >= 11 is 0. The summed E-state index contributed by atoms with van der Waals surface area (Å²) in [7, 11) is 0. The Balaban J connectivity index is 3.27. The largest absolute Gasteiger partial charge is 0.207 e. The summed E-state index contributed by atoms with van der Waals surface area (Å²) in [6.45, 7) is 5.22. The Kier molecular flexibility index (Phi) is 2.46. The van der Waals surface area contributed by atoms with Gasteiger partial charge in [0, 0.05) is 5.56 Å². The monoisotopic (exact) mass is 170 g/mol. The van der Waals surface area contributed by atoms with E-state index in [2.05, 4.69) is 0 Å². The molecule has 0 amide bonds. The van der Waals surface area contributed by atoms with E-state index in [1.165, 1.54) is 19.1 Å². The molecule has 2 heteroatoms. The van der Waals surface area contributed by atoms with Crippen molar-refractivity contribution in [2.24, 2.45) is 0 Å². The van der Waals surface area contributed by atoms with Gasteiger partial charge in [-0.15, -0.1) is 0 Å². The number of rotatable bonds is 1. The number of hydrogen-bond acceptors (Lipinski definition) is 0. The Labute approximate surface area is 71.2 Å². The molecule has 66 valence electrons. The second kappa shape index (κ2) is 3.21. The number of benzene rings is 1. The maximum atomic E-state index is 13.3. The lowest BCUT2D eigenvalue weighted by Crippen LogP contribution is -1.97. The molecule has 0 aromatic heterocycles. The normalized spacial score (nSPS) is 10.8. The highest BCUT2D eigenvalue weighted by Gasteiger charge is 2.11. The molecule has 0 aliphatic heterocycles. The van der Waals surface area contributed by atoms with Gasteiger partial charge >= 0.3 is 0 Å². The van der Waals surface area contributed by atoms with E-state index in [-0.39, 0.29) is 11.5 Å². The molecule has 1 rings (SSSR count). The van der Waals surface area contributed by atoms with Crippen LogP contribution in [0.5, 0.6) is 0 Å². The van der Waals surface area contributed by atoms with E-state index in [1.807, 2.05) is 13.8 Å². The first-order chi connectivity index (χ1) is 5.54. The van der Waals surface area contributed by atoms with Gasteiger partial charge in [-0.05, 0) is 24.5 Å². The van der Waals surface area contributed by atoms with Gasteiger partial charge in [-0.25, -0.2) is 8.78 Å². The Morgan fingerprint density at radius 3 is 2.25 bits per heavy atom. The summed E-state index contributed by atoms with van der Waals surface area (Å²) < 4.78 is 26.1. The molecular weight excluding hydrogens is 158 g/mol. The molecule has 0 fully saturated rings. The van der Waals surface area contributed by atoms with E-state index < -0.39 is 11.6 Å². The molecule has 0 nitrogen and oxygen atoms in total. The van der Waals surface area contributed by atoms with Crippen molar-refractivity contribution in [3.8, 4) is 0 Å². The van der Waals surface area contributed by atoms with E-state index >= 15 is 0 Å². The average molecular weight is 170 g/mol. The van der Waals surface area contributed by atoms with E-state index in [1.54, 1.807) is 0 Å². The van der Waals surface area contributed by atoms with Gasteiger partial charge in [0.05, 0.1) is 0 Å². The molecule has 1 aromatic carbocycles. The van der Waals surface area contributed by atoms with Gasteiger partial charge < -0.3 is 0 Å². The molecule has 1 aromatic rings. The fourth-order valence-corrected chi connectivity index (χ4v) is 1.13. The molecule has 0 N–H and O–H groups in total. The van der Waals surface area contributed by atoms with Crippen LogP contribution in [0.15, 0.2) is 12.1 Å². The van der Waals surface area contributed by atoms with Crippen LogP contribution in [0.25, 0.3) is 0 Å². The number of hydrogen-bond donors (Lipinski definition) is 0. The lowest BCUT2D eigenvalue weighted by Gasteiger charge is -2.08. The summed E-state index contributed by atoms with van der Waals surface area (Å²) in [5.74, 6) is -0.786. The summed E-state index contributed by atoms with van der Waals surface area (Å²) in [6, 6.07) is 2.82. The second-order valence-corrected chi connectivity index (χ2v) is 3.23. The van der Waals surface area contributed by atoms with Crippen molar-refractivity contribution in [3.63, 3.8) is 0 Å². The van der Waals surface area contributed by atoms with Crippen LogP contribution in [0.4, 0.5) is 8.78 Å². The van der Waals surface area contributed by atoms with Gasteiger partial charge in [-0.2, -0.15) is 0 Å². The minimum absolute atomic E-state index is 0.101. The molecule has 0 aliphatic carbocycles. The Hall–Kier alpha value is -0.920. The summed E-state index contributed by atoms with van der Waals surface area (Å²) in [5, 5.41) is 0. The number of halogens is 2. The van der Waals surface area contributed by atoms with Crippen LogP contribution in [0.1, 0.15) is 30.9 Å². The maximum Gasteiger partial charge on any atom is 0.132 e. The molecule has 0 saturated heterocycles. The Morgan fingerprint density at radius 1 is 1.17 bits per heavy atom. The van der Waals surface area contributed by atoms with Gasteiger partial charge in [-0.3, -0.25) is 0 Å². The van der Waals surface area contributed by atoms with E-state index in [9.17, 15) is 8.78 Å². The van der Waals surface area contributed by atoms with Crippen LogP contribution in [-0.4, -0.2) is 0 Å². The van der Waals surface area contributed by atoms with Crippen LogP contribution < -0.4 is 0 Å². The fourth-order valence-electron chi connectivity index (χ4n) is 1.13. The minimum atomic E-state index is -0.475. The predicted octanol–water partition coefficient (Wildman–Crippen LogP) is 3.40. The molecule has 0 bridgehead atoms. The van der Waals surface area contributed by atoms with Crippen molar-refractivity contribution >= 4 is 0 Å². The highest BCUT2D eigenvalue weighted by molar-refractivity contribution is 5.28. The van der Waals surface area contributed by atoms with Crippen LogP contribution in [0.2, 0.25) is 0 Å². The first-order valence-corrected chi connectivity index (χ1v) is 3.98. The van der Waals surface area contributed by atoms with Gasteiger partial charge in [0.15, 0.2) is 0 Å². The Morgan fingerprint density at radius 2 is 1.75 bits per heavy atom. The highest BCUT2D eigenvalue weighted by Crippen LogP contribution is 2.22. The standard InChI is InChI=1S/C10H12F2/c1-6(2)8-4-5-9(11)7(3)10(8)12/h4-6H,1-3H3. The molecule has 0 heterocycles. The zero-order valence-corrected chi connectivity index (χ0v) is 7.49. The zero-order valence-electron chi connectivity index (χ0n) is 7.49. The summed E-state index contributed by atoms with van der Waals surface area (Å²) in [6.07, 6.45) is 0. The van der Waals surface area contributed by atoms with Crippen LogP contribution >= 0.6 is 0 Å². The van der Waals surface area contributed by atoms with Crippen LogP contribution in [0.3, 0.4) is 0 Å². The Bertz CT molecular complexity index is 290. The van der Waals surface area contributed by atoms with Crippen molar-refractivity contribution < 1.29 is 8.78 Å². The molecule has 0 aliphatic rings. The first kappa shape index (κ1) is 9.17. The van der Waals surface area contributed by atoms with Crippen LogP contribution in [-0.2, 0) is 0 Å². The lowest BCUT2D eigenvalue weighted by atomic mass is 10.00. The summed E-state index contributed by atoms with van der Waals surface area (Å²) in [5.41, 5.74) is 0.690. The maximum absolute atomic E-state index is 13.3. The molecular formula is C10H12F2. The smallest absolute Gasteiger partial charge is 0.132 e. The van der Waals surface area contributed by atoms with Crippen molar-refractivity contribution in [1.82, 2.24) is 0 Å². The lowest BCUT2D eigenvalue weighted by molar-refractivity contribution is 0.551.